The Morgan fingerprint density at radius 1 is 0.714 bits per heavy atom. The number of carbonyl (C=O) groups excluding carboxylic acids is 1. The Bertz CT molecular complexity index is 1190. The van der Waals surface area contributed by atoms with Crippen LogP contribution in [0.15, 0.2) is 112 Å². The van der Waals surface area contributed by atoms with Crippen LogP contribution in [0.4, 0.5) is 0 Å². The lowest BCUT2D eigenvalue weighted by atomic mass is 9.91. The van der Waals surface area contributed by atoms with E-state index < -0.39 is 5.92 Å². The van der Waals surface area contributed by atoms with E-state index in [1.165, 1.54) is 21.8 Å². The lowest BCUT2D eigenvalue weighted by molar-refractivity contribution is -0.143. The summed E-state index contributed by atoms with van der Waals surface area (Å²) in [6.45, 7) is 1.49. The van der Waals surface area contributed by atoms with Crippen molar-refractivity contribution in [2.24, 2.45) is 0 Å². The highest BCUT2D eigenvalue weighted by molar-refractivity contribution is 7.97. The molecule has 0 aliphatic rings. The van der Waals surface area contributed by atoms with Gasteiger partial charge in [0.25, 0.3) is 0 Å². The molecular formula is C30H31O4S+. The van der Waals surface area contributed by atoms with E-state index in [4.69, 9.17) is 14.2 Å². The number of benzene rings is 4. The van der Waals surface area contributed by atoms with Gasteiger partial charge in [-0.15, -0.1) is 0 Å². The predicted molar refractivity (Wildman–Crippen MR) is 141 cm³/mol. The first-order valence-electron chi connectivity index (χ1n) is 11.7. The minimum absolute atomic E-state index is 0.247. The van der Waals surface area contributed by atoms with Crippen LogP contribution in [0.3, 0.4) is 0 Å². The van der Waals surface area contributed by atoms with Crippen molar-refractivity contribution < 1.29 is 19.0 Å². The Labute approximate surface area is 210 Å². The van der Waals surface area contributed by atoms with Gasteiger partial charge >= 0.3 is 5.97 Å². The van der Waals surface area contributed by atoms with Crippen molar-refractivity contribution in [3.05, 3.63) is 103 Å². The molecule has 180 valence electrons. The lowest BCUT2D eigenvalue weighted by Crippen LogP contribution is -2.18. The topological polar surface area (TPSA) is 44.8 Å². The molecule has 4 aromatic rings. The SMILES string of the molecule is COCCOCCC(C(=O)OC)c1ccc([S+](c2ccccc2)c2ccccc2)c2ccccc12. The van der Waals surface area contributed by atoms with Crippen LogP contribution in [0.1, 0.15) is 17.9 Å². The summed E-state index contributed by atoms with van der Waals surface area (Å²) in [6, 6.07) is 33.8. The number of hydrogen-bond donors (Lipinski definition) is 0. The van der Waals surface area contributed by atoms with E-state index in [9.17, 15) is 4.79 Å². The summed E-state index contributed by atoms with van der Waals surface area (Å²) in [5, 5.41) is 2.22. The second-order valence-electron chi connectivity index (χ2n) is 8.10. The minimum Gasteiger partial charge on any atom is -0.469 e. The first-order valence-corrected chi connectivity index (χ1v) is 13.0. The summed E-state index contributed by atoms with van der Waals surface area (Å²) in [5.41, 5.74) is 0.969. The van der Waals surface area contributed by atoms with Crippen molar-refractivity contribution in [2.45, 2.75) is 27.0 Å². The van der Waals surface area contributed by atoms with Gasteiger partial charge in [-0.05, 0) is 53.8 Å². The average molecular weight is 488 g/mol. The number of carbonyl (C=O) groups is 1. The molecule has 4 aromatic carbocycles. The molecule has 0 aromatic heterocycles. The van der Waals surface area contributed by atoms with Crippen molar-refractivity contribution in [1.82, 2.24) is 0 Å². The molecule has 1 atom stereocenters. The molecule has 0 bridgehead atoms. The normalized spacial score (nSPS) is 12.1. The smallest absolute Gasteiger partial charge is 0.313 e. The molecule has 4 nitrogen and oxygen atoms in total. The van der Waals surface area contributed by atoms with Gasteiger partial charge in [-0.3, -0.25) is 4.79 Å². The Balaban J connectivity index is 1.79. The van der Waals surface area contributed by atoms with Gasteiger partial charge < -0.3 is 14.2 Å². The van der Waals surface area contributed by atoms with Gasteiger partial charge in [0.05, 0.1) is 37.1 Å². The van der Waals surface area contributed by atoms with Crippen molar-refractivity contribution in [2.75, 3.05) is 34.0 Å². The zero-order valence-corrected chi connectivity index (χ0v) is 21.0. The average Bonchev–Trinajstić information content (AvgIpc) is 2.92. The van der Waals surface area contributed by atoms with Gasteiger partial charge in [-0.2, -0.15) is 0 Å². The molecule has 35 heavy (non-hydrogen) atoms. The molecule has 0 saturated carbocycles. The van der Waals surface area contributed by atoms with Gasteiger partial charge in [-0.25, -0.2) is 0 Å². The van der Waals surface area contributed by atoms with Gasteiger partial charge in [0.2, 0.25) is 0 Å². The third-order valence-electron chi connectivity index (χ3n) is 5.94. The van der Waals surface area contributed by atoms with Crippen molar-refractivity contribution in [3.63, 3.8) is 0 Å². The molecule has 0 N–H and O–H groups in total. The van der Waals surface area contributed by atoms with E-state index in [0.29, 0.717) is 26.2 Å². The summed E-state index contributed by atoms with van der Waals surface area (Å²) >= 11 is 0. The van der Waals surface area contributed by atoms with E-state index in [1.807, 2.05) is 18.2 Å². The quantitative estimate of drug-likeness (QED) is 0.143. The molecule has 5 heteroatoms. The molecule has 0 aliphatic heterocycles. The van der Waals surface area contributed by atoms with Gasteiger partial charge in [0.1, 0.15) is 0 Å². The Morgan fingerprint density at radius 2 is 1.31 bits per heavy atom. The lowest BCUT2D eigenvalue weighted by Gasteiger charge is -2.19. The Morgan fingerprint density at radius 3 is 1.91 bits per heavy atom. The van der Waals surface area contributed by atoms with Crippen LogP contribution in [0, 0.1) is 0 Å². The standard InChI is InChI=1S/C30H31O4S/c1-32-21-22-34-20-19-28(30(31)33-2)26-17-18-29(27-16-10-9-15-25(26)27)35(23-11-5-3-6-12-23)24-13-7-4-8-14-24/h3-18,28H,19-22H2,1-2H3/q+1. The Hall–Kier alpha value is -3.12. The Kier molecular flexibility index (Phi) is 8.96. The van der Waals surface area contributed by atoms with Crippen LogP contribution in [0.2, 0.25) is 0 Å². The molecule has 4 rings (SSSR count). The fourth-order valence-corrected chi connectivity index (χ4v) is 6.51. The summed E-state index contributed by atoms with van der Waals surface area (Å²) in [5.74, 6) is -0.653. The van der Waals surface area contributed by atoms with Crippen LogP contribution in [0.25, 0.3) is 10.8 Å². The van der Waals surface area contributed by atoms with E-state index in [0.717, 1.165) is 16.3 Å². The zero-order valence-electron chi connectivity index (χ0n) is 20.2. The summed E-state index contributed by atoms with van der Waals surface area (Å²) in [6.07, 6.45) is 0.544. The highest BCUT2D eigenvalue weighted by Gasteiger charge is 2.32. The first-order chi connectivity index (χ1) is 17.2. The maximum atomic E-state index is 12.8. The van der Waals surface area contributed by atoms with Gasteiger partial charge in [0.15, 0.2) is 14.7 Å². The molecular weight excluding hydrogens is 456 g/mol. The second kappa shape index (κ2) is 12.5. The van der Waals surface area contributed by atoms with E-state index in [-0.39, 0.29) is 16.9 Å². The molecule has 0 fully saturated rings. The third-order valence-corrected chi connectivity index (χ3v) is 8.22. The number of fused-ring (bicyclic) bond motifs is 1. The molecule has 1 unspecified atom stereocenters. The van der Waals surface area contributed by atoms with E-state index in [1.54, 1.807) is 7.11 Å². The molecule has 0 amide bonds. The van der Waals surface area contributed by atoms with Crippen LogP contribution in [0.5, 0.6) is 0 Å². The highest BCUT2D eigenvalue weighted by atomic mass is 32.2. The number of esters is 1. The largest absolute Gasteiger partial charge is 0.469 e. The fraction of sp³-hybridized carbons (Fsp3) is 0.233. The molecule has 0 radical (unpaired) electrons. The van der Waals surface area contributed by atoms with Crippen LogP contribution in [-0.2, 0) is 29.9 Å². The molecule has 0 spiro atoms. The molecule has 0 aliphatic carbocycles. The third kappa shape index (κ3) is 5.93. The number of ether oxygens (including phenoxy) is 3. The van der Waals surface area contributed by atoms with Gasteiger partial charge in [-0.1, -0.05) is 60.7 Å². The van der Waals surface area contributed by atoms with Crippen molar-refractivity contribution in [3.8, 4) is 0 Å². The summed E-state index contributed by atoms with van der Waals surface area (Å²) in [4.78, 5) is 16.6. The zero-order chi connectivity index (χ0) is 24.5. The van der Waals surface area contributed by atoms with E-state index in [2.05, 4.69) is 78.9 Å². The monoisotopic (exact) mass is 487 g/mol. The number of hydrogen-bond acceptors (Lipinski definition) is 4. The maximum Gasteiger partial charge on any atom is 0.313 e. The predicted octanol–water partition coefficient (Wildman–Crippen LogP) is 6.24. The summed E-state index contributed by atoms with van der Waals surface area (Å²) in [7, 11) is 2.80. The first kappa shape index (κ1) is 25.0. The fourth-order valence-electron chi connectivity index (χ4n) is 4.27. The van der Waals surface area contributed by atoms with E-state index >= 15 is 0 Å². The van der Waals surface area contributed by atoms with Crippen molar-refractivity contribution in [1.29, 1.82) is 0 Å². The molecule has 0 saturated heterocycles. The maximum absolute atomic E-state index is 12.8. The van der Waals surface area contributed by atoms with Crippen molar-refractivity contribution >= 4 is 27.6 Å². The second-order valence-corrected chi connectivity index (χ2v) is 10.1. The van der Waals surface area contributed by atoms with Crippen LogP contribution < -0.4 is 0 Å². The van der Waals surface area contributed by atoms with Crippen LogP contribution >= 0.6 is 0 Å². The summed E-state index contributed by atoms with van der Waals surface area (Å²) < 4.78 is 15.9. The molecule has 0 heterocycles. The number of rotatable bonds is 11. The minimum atomic E-state index is -0.406. The van der Waals surface area contributed by atoms with Crippen LogP contribution in [-0.4, -0.2) is 40.0 Å². The number of methoxy groups -OCH3 is 2. The van der Waals surface area contributed by atoms with Gasteiger partial charge in [0, 0.05) is 19.1 Å². The highest BCUT2D eigenvalue weighted by Crippen LogP contribution is 2.38.